The molecule has 92 valence electrons. The van der Waals surface area contributed by atoms with Crippen molar-refractivity contribution in [2.45, 2.75) is 46.2 Å². The minimum atomic E-state index is 0.161. The molecule has 0 amide bonds. The summed E-state index contributed by atoms with van der Waals surface area (Å²) in [5, 5.41) is 17.0. The molecule has 0 saturated carbocycles. The van der Waals surface area contributed by atoms with Gasteiger partial charge < -0.3 is 10.4 Å². The van der Waals surface area contributed by atoms with E-state index in [0.29, 0.717) is 0 Å². The van der Waals surface area contributed by atoms with Crippen molar-refractivity contribution in [1.29, 1.82) is 0 Å². The summed E-state index contributed by atoms with van der Waals surface area (Å²) in [6.45, 7) is 8.48. The number of aliphatic hydroxyl groups is 1. The van der Waals surface area contributed by atoms with Crippen LogP contribution in [0.4, 0.5) is 0 Å². The zero-order valence-electron chi connectivity index (χ0n) is 10.9. The van der Waals surface area contributed by atoms with Crippen molar-refractivity contribution in [2.24, 2.45) is 7.05 Å². The summed E-state index contributed by atoms with van der Waals surface area (Å²) in [6.07, 6.45) is 0.930. The minimum absolute atomic E-state index is 0.161. The summed E-state index contributed by atoms with van der Waals surface area (Å²) in [7, 11) is 1.96. The second-order valence-electron chi connectivity index (χ2n) is 4.38. The molecule has 1 aromatic rings. The SMILES string of the molecule is CC[C@@H](CO)NC(C)c1c(C)nn(C)c1C. The molecule has 1 aromatic heterocycles. The first-order valence-electron chi connectivity index (χ1n) is 5.88. The van der Waals surface area contributed by atoms with Crippen molar-refractivity contribution in [2.75, 3.05) is 6.61 Å². The molecule has 1 rings (SSSR count). The maximum Gasteiger partial charge on any atom is 0.0644 e. The highest BCUT2D eigenvalue weighted by Gasteiger charge is 2.18. The van der Waals surface area contributed by atoms with E-state index < -0.39 is 0 Å². The van der Waals surface area contributed by atoms with E-state index in [1.165, 1.54) is 11.3 Å². The van der Waals surface area contributed by atoms with Crippen LogP contribution < -0.4 is 5.32 Å². The molecule has 0 aromatic carbocycles. The van der Waals surface area contributed by atoms with Crippen molar-refractivity contribution < 1.29 is 5.11 Å². The molecule has 0 aliphatic heterocycles. The number of nitrogens with one attached hydrogen (secondary N) is 1. The van der Waals surface area contributed by atoms with E-state index in [0.717, 1.165) is 12.1 Å². The van der Waals surface area contributed by atoms with Crippen LogP contribution in [-0.2, 0) is 7.05 Å². The van der Waals surface area contributed by atoms with Crippen LogP contribution >= 0.6 is 0 Å². The molecule has 0 radical (unpaired) electrons. The Labute approximate surface area is 97.7 Å². The highest BCUT2D eigenvalue weighted by molar-refractivity contribution is 5.27. The predicted octanol–water partition coefficient (Wildman–Crippen LogP) is 1.46. The van der Waals surface area contributed by atoms with E-state index in [4.69, 9.17) is 0 Å². The number of nitrogens with zero attached hydrogens (tertiary/aromatic N) is 2. The van der Waals surface area contributed by atoms with E-state index >= 15 is 0 Å². The highest BCUT2D eigenvalue weighted by Crippen LogP contribution is 2.21. The predicted molar refractivity (Wildman–Crippen MR) is 65.4 cm³/mol. The molecule has 0 fully saturated rings. The van der Waals surface area contributed by atoms with E-state index in [9.17, 15) is 5.11 Å². The Kier molecular flexibility index (Phi) is 4.50. The lowest BCUT2D eigenvalue weighted by Crippen LogP contribution is -2.34. The van der Waals surface area contributed by atoms with Crippen molar-refractivity contribution in [3.8, 4) is 0 Å². The molecule has 4 heteroatoms. The number of hydrogen-bond acceptors (Lipinski definition) is 3. The van der Waals surface area contributed by atoms with E-state index in [1.54, 1.807) is 0 Å². The van der Waals surface area contributed by atoms with Crippen LogP contribution in [0.1, 0.15) is 43.3 Å². The molecule has 0 aliphatic rings. The molecule has 1 heterocycles. The molecular formula is C12H23N3O. The van der Waals surface area contributed by atoms with Gasteiger partial charge in [0.1, 0.15) is 0 Å². The lowest BCUT2D eigenvalue weighted by molar-refractivity contribution is 0.230. The first-order chi connectivity index (χ1) is 7.51. The summed E-state index contributed by atoms with van der Waals surface area (Å²) in [5.41, 5.74) is 3.49. The average Bonchev–Trinajstić information content (AvgIpc) is 2.49. The first kappa shape index (κ1) is 13.2. The van der Waals surface area contributed by atoms with Gasteiger partial charge in [0.2, 0.25) is 0 Å². The maximum atomic E-state index is 9.18. The molecule has 1 unspecified atom stereocenters. The monoisotopic (exact) mass is 225 g/mol. The number of hydrogen-bond donors (Lipinski definition) is 2. The Morgan fingerprint density at radius 2 is 2.06 bits per heavy atom. The van der Waals surface area contributed by atoms with Gasteiger partial charge in [-0.15, -0.1) is 0 Å². The standard InChI is InChI=1S/C12H23N3O/c1-6-11(7-16)13-8(2)12-9(3)14-15(5)10(12)4/h8,11,13,16H,6-7H2,1-5H3/t8?,11-/m0/s1. The molecule has 0 bridgehead atoms. The van der Waals surface area contributed by atoms with Crippen LogP contribution in [0.15, 0.2) is 0 Å². The fraction of sp³-hybridized carbons (Fsp3) is 0.750. The van der Waals surface area contributed by atoms with Crippen LogP contribution in [0.3, 0.4) is 0 Å². The molecule has 0 spiro atoms. The summed E-state index contributed by atoms with van der Waals surface area (Å²) in [5.74, 6) is 0. The molecule has 4 nitrogen and oxygen atoms in total. The summed E-state index contributed by atoms with van der Waals surface area (Å²) in [6, 6.07) is 0.389. The number of aliphatic hydroxyl groups excluding tert-OH is 1. The second-order valence-corrected chi connectivity index (χ2v) is 4.38. The zero-order chi connectivity index (χ0) is 12.3. The summed E-state index contributed by atoms with van der Waals surface area (Å²) < 4.78 is 1.91. The third-order valence-electron chi connectivity index (χ3n) is 3.20. The van der Waals surface area contributed by atoms with Crippen LogP contribution in [0, 0.1) is 13.8 Å². The molecule has 2 atom stereocenters. The van der Waals surface area contributed by atoms with Gasteiger partial charge >= 0.3 is 0 Å². The highest BCUT2D eigenvalue weighted by atomic mass is 16.3. The molecule has 0 aliphatic carbocycles. The zero-order valence-corrected chi connectivity index (χ0v) is 10.9. The second kappa shape index (κ2) is 5.46. The normalized spacial score (nSPS) is 15.1. The van der Waals surface area contributed by atoms with Crippen LogP contribution in [0.2, 0.25) is 0 Å². The number of aryl methyl sites for hydroxylation is 2. The number of rotatable bonds is 5. The Hall–Kier alpha value is -0.870. The lowest BCUT2D eigenvalue weighted by Gasteiger charge is -2.21. The van der Waals surface area contributed by atoms with Gasteiger partial charge in [-0.2, -0.15) is 5.10 Å². The Morgan fingerprint density at radius 1 is 1.44 bits per heavy atom. The van der Waals surface area contributed by atoms with Gasteiger partial charge in [-0.25, -0.2) is 0 Å². The fourth-order valence-corrected chi connectivity index (χ4v) is 2.15. The largest absolute Gasteiger partial charge is 0.395 e. The minimum Gasteiger partial charge on any atom is -0.395 e. The Balaban J connectivity index is 2.83. The summed E-state index contributed by atoms with van der Waals surface area (Å²) >= 11 is 0. The van der Waals surface area contributed by atoms with Gasteiger partial charge in [0.25, 0.3) is 0 Å². The maximum absolute atomic E-state index is 9.18. The van der Waals surface area contributed by atoms with Gasteiger partial charge in [0, 0.05) is 30.4 Å². The topological polar surface area (TPSA) is 50.1 Å². The van der Waals surface area contributed by atoms with Crippen LogP contribution in [0.25, 0.3) is 0 Å². The molecule has 2 N–H and O–H groups in total. The summed E-state index contributed by atoms with van der Waals surface area (Å²) in [4.78, 5) is 0. The number of aromatic nitrogens is 2. The van der Waals surface area contributed by atoms with Crippen molar-refractivity contribution in [3.05, 3.63) is 17.0 Å². The van der Waals surface area contributed by atoms with Crippen molar-refractivity contribution >= 4 is 0 Å². The third-order valence-corrected chi connectivity index (χ3v) is 3.20. The van der Waals surface area contributed by atoms with E-state index in [-0.39, 0.29) is 18.7 Å². The van der Waals surface area contributed by atoms with Gasteiger partial charge in [-0.1, -0.05) is 6.92 Å². The average molecular weight is 225 g/mol. The molecule has 16 heavy (non-hydrogen) atoms. The molecular weight excluding hydrogens is 202 g/mol. The van der Waals surface area contributed by atoms with Gasteiger partial charge in [-0.3, -0.25) is 4.68 Å². The smallest absolute Gasteiger partial charge is 0.0644 e. The molecule has 0 saturated heterocycles. The van der Waals surface area contributed by atoms with E-state index in [2.05, 4.69) is 31.2 Å². The van der Waals surface area contributed by atoms with Gasteiger partial charge in [0.05, 0.1) is 12.3 Å². The Morgan fingerprint density at radius 3 is 2.44 bits per heavy atom. The van der Waals surface area contributed by atoms with Crippen LogP contribution in [0.5, 0.6) is 0 Å². The quantitative estimate of drug-likeness (QED) is 0.797. The lowest BCUT2D eigenvalue weighted by atomic mass is 10.0. The van der Waals surface area contributed by atoms with Gasteiger partial charge in [-0.05, 0) is 27.2 Å². The van der Waals surface area contributed by atoms with Crippen molar-refractivity contribution in [3.63, 3.8) is 0 Å². The third kappa shape index (κ3) is 2.62. The Bertz CT molecular complexity index is 342. The first-order valence-corrected chi connectivity index (χ1v) is 5.88. The van der Waals surface area contributed by atoms with Gasteiger partial charge in [0.15, 0.2) is 0 Å². The van der Waals surface area contributed by atoms with Crippen molar-refractivity contribution in [1.82, 2.24) is 15.1 Å². The van der Waals surface area contributed by atoms with Crippen LogP contribution in [-0.4, -0.2) is 27.5 Å². The fourth-order valence-electron chi connectivity index (χ4n) is 2.15. The van der Waals surface area contributed by atoms with E-state index in [1.807, 2.05) is 18.7 Å².